The van der Waals surface area contributed by atoms with Gasteiger partial charge in [-0.15, -0.1) is 0 Å². The lowest BCUT2D eigenvalue weighted by molar-refractivity contribution is -0.130. The predicted molar refractivity (Wildman–Crippen MR) is 86.4 cm³/mol. The van der Waals surface area contributed by atoms with Crippen LogP contribution in [0, 0.1) is 5.82 Å². The zero-order valence-electron chi connectivity index (χ0n) is 14.1. The molecule has 1 N–H and O–H groups in total. The SMILES string of the molecule is C[C@@H](c1ccc(F)cc1)N(C)CCCN1C(=O)NC(C)(C)C1=O. The first-order valence-corrected chi connectivity index (χ1v) is 7.82. The highest BCUT2D eigenvalue weighted by Crippen LogP contribution is 2.20. The fraction of sp³-hybridized carbons (Fsp3) is 0.529. The van der Waals surface area contributed by atoms with E-state index in [1.54, 1.807) is 26.0 Å². The molecule has 3 amide bonds. The monoisotopic (exact) mass is 321 g/mol. The van der Waals surface area contributed by atoms with Crippen molar-refractivity contribution in [2.75, 3.05) is 20.1 Å². The number of nitrogens with zero attached hydrogens (tertiary/aromatic N) is 2. The van der Waals surface area contributed by atoms with Gasteiger partial charge in [0.1, 0.15) is 11.4 Å². The van der Waals surface area contributed by atoms with Crippen molar-refractivity contribution >= 4 is 11.9 Å². The zero-order valence-corrected chi connectivity index (χ0v) is 14.1. The molecule has 0 aliphatic carbocycles. The van der Waals surface area contributed by atoms with Crippen LogP contribution in [0.25, 0.3) is 0 Å². The average Bonchev–Trinajstić information content (AvgIpc) is 2.68. The van der Waals surface area contributed by atoms with Crippen LogP contribution < -0.4 is 5.32 Å². The van der Waals surface area contributed by atoms with E-state index >= 15 is 0 Å². The zero-order chi connectivity index (χ0) is 17.2. The lowest BCUT2D eigenvalue weighted by Crippen LogP contribution is -2.40. The van der Waals surface area contributed by atoms with Crippen molar-refractivity contribution in [2.45, 2.75) is 38.8 Å². The normalized spacial score (nSPS) is 18.4. The Morgan fingerprint density at radius 1 is 1.26 bits per heavy atom. The Balaban J connectivity index is 1.85. The highest BCUT2D eigenvalue weighted by molar-refractivity contribution is 6.06. The van der Waals surface area contributed by atoms with E-state index in [-0.39, 0.29) is 23.8 Å². The molecule has 1 saturated heterocycles. The van der Waals surface area contributed by atoms with E-state index in [0.717, 1.165) is 12.1 Å². The molecule has 1 aromatic rings. The third kappa shape index (κ3) is 3.88. The Morgan fingerprint density at radius 2 is 1.87 bits per heavy atom. The van der Waals surface area contributed by atoms with Crippen molar-refractivity contribution in [3.05, 3.63) is 35.6 Å². The summed E-state index contributed by atoms with van der Waals surface area (Å²) in [5, 5.41) is 2.67. The van der Waals surface area contributed by atoms with Crippen LogP contribution in [-0.4, -0.2) is 47.4 Å². The highest BCUT2D eigenvalue weighted by Gasteiger charge is 2.43. The number of nitrogens with one attached hydrogen (secondary N) is 1. The standard InChI is InChI=1S/C17H24FN3O2/c1-12(13-6-8-14(18)9-7-13)20(4)10-5-11-21-15(22)17(2,3)19-16(21)23/h6-9,12H,5,10-11H2,1-4H3,(H,19,23)/t12-/m0/s1. The maximum absolute atomic E-state index is 13.0. The maximum atomic E-state index is 13.0. The Morgan fingerprint density at radius 3 is 2.39 bits per heavy atom. The molecule has 2 rings (SSSR count). The molecule has 1 aliphatic heterocycles. The Hall–Kier alpha value is -1.95. The summed E-state index contributed by atoms with van der Waals surface area (Å²) in [6.45, 7) is 6.58. The van der Waals surface area contributed by atoms with Crippen molar-refractivity contribution in [1.29, 1.82) is 0 Å². The first kappa shape index (κ1) is 17.4. The molecule has 1 heterocycles. The molecule has 1 aromatic carbocycles. The van der Waals surface area contributed by atoms with Crippen molar-refractivity contribution in [2.24, 2.45) is 0 Å². The molecule has 5 nitrogen and oxygen atoms in total. The summed E-state index contributed by atoms with van der Waals surface area (Å²) in [6, 6.07) is 6.26. The smallest absolute Gasteiger partial charge is 0.324 e. The fourth-order valence-corrected chi connectivity index (χ4v) is 2.69. The minimum Gasteiger partial charge on any atom is -0.324 e. The molecule has 0 spiro atoms. The number of rotatable bonds is 6. The number of carbonyl (C=O) groups excluding carboxylic acids is 2. The van der Waals surface area contributed by atoms with E-state index in [0.29, 0.717) is 13.0 Å². The van der Waals surface area contributed by atoms with E-state index in [1.807, 2.05) is 14.0 Å². The van der Waals surface area contributed by atoms with Gasteiger partial charge in [-0.3, -0.25) is 14.6 Å². The number of benzene rings is 1. The summed E-state index contributed by atoms with van der Waals surface area (Å²) in [5.41, 5.74) is 0.217. The van der Waals surface area contributed by atoms with E-state index in [9.17, 15) is 14.0 Å². The molecule has 0 radical (unpaired) electrons. The number of amides is 3. The van der Waals surface area contributed by atoms with Crippen LogP contribution >= 0.6 is 0 Å². The minimum absolute atomic E-state index is 0.134. The number of hydrogen-bond acceptors (Lipinski definition) is 3. The number of carbonyl (C=O) groups is 2. The first-order valence-electron chi connectivity index (χ1n) is 7.82. The van der Waals surface area contributed by atoms with Gasteiger partial charge in [0.25, 0.3) is 5.91 Å². The third-order valence-electron chi connectivity index (χ3n) is 4.35. The predicted octanol–water partition coefficient (Wildman–Crippen LogP) is 2.54. The van der Waals surface area contributed by atoms with Gasteiger partial charge in [-0.2, -0.15) is 0 Å². The fourth-order valence-electron chi connectivity index (χ4n) is 2.69. The van der Waals surface area contributed by atoms with Crippen molar-refractivity contribution in [3.63, 3.8) is 0 Å². The van der Waals surface area contributed by atoms with Crippen LogP contribution in [0.2, 0.25) is 0 Å². The molecule has 0 bridgehead atoms. The van der Waals surface area contributed by atoms with Crippen molar-refractivity contribution < 1.29 is 14.0 Å². The Bertz CT molecular complexity index is 586. The van der Waals surface area contributed by atoms with Gasteiger partial charge in [0, 0.05) is 19.1 Å². The van der Waals surface area contributed by atoms with E-state index in [2.05, 4.69) is 10.2 Å². The van der Waals surface area contributed by atoms with Gasteiger partial charge in [0.05, 0.1) is 0 Å². The van der Waals surface area contributed by atoms with Gasteiger partial charge in [0.15, 0.2) is 0 Å². The summed E-state index contributed by atoms with van der Waals surface area (Å²) in [5.74, 6) is -0.429. The first-order chi connectivity index (χ1) is 10.7. The highest BCUT2D eigenvalue weighted by atomic mass is 19.1. The van der Waals surface area contributed by atoms with E-state index in [1.165, 1.54) is 17.0 Å². The summed E-state index contributed by atoms with van der Waals surface area (Å²) in [4.78, 5) is 27.3. The lowest BCUT2D eigenvalue weighted by Gasteiger charge is -2.26. The van der Waals surface area contributed by atoms with Gasteiger partial charge in [-0.25, -0.2) is 9.18 Å². The molecular formula is C17H24FN3O2. The molecular weight excluding hydrogens is 297 g/mol. The minimum atomic E-state index is -0.815. The van der Waals surface area contributed by atoms with Crippen LogP contribution in [-0.2, 0) is 4.79 Å². The summed E-state index contributed by atoms with van der Waals surface area (Å²) < 4.78 is 13.0. The molecule has 1 atom stereocenters. The second kappa shape index (κ2) is 6.66. The number of urea groups is 1. The number of imide groups is 1. The summed E-state index contributed by atoms with van der Waals surface area (Å²) >= 11 is 0. The Kier molecular flexibility index (Phi) is 5.04. The summed E-state index contributed by atoms with van der Waals surface area (Å²) in [7, 11) is 1.98. The Labute approximate surface area is 136 Å². The molecule has 6 heteroatoms. The van der Waals surface area contributed by atoms with Gasteiger partial charge < -0.3 is 5.32 Å². The molecule has 126 valence electrons. The third-order valence-corrected chi connectivity index (χ3v) is 4.35. The van der Waals surface area contributed by atoms with Gasteiger partial charge in [0.2, 0.25) is 0 Å². The molecule has 1 fully saturated rings. The summed E-state index contributed by atoms with van der Waals surface area (Å²) in [6.07, 6.45) is 0.692. The van der Waals surface area contributed by atoms with Gasteiger partial charge in [-0.1, -0.05) is 12.1 Å². The number of halogens is 1. The average molecular weight is 321 g/mol. The topological polar surface area (TPSA) is 52.6 Å². The quantitative estimate of drug-likeness (QED) is 0.819. The second-order valence-corrected chi connectivity index (χ2v) is 6.57. The maximum Gasteiger partial charge on any atom is 0.325 e. The molecule has 0 saturated carbocycles. The van der Waals surface area contributed by atoms with Crippen LogP contribution in [0.15, 0.2) is 24.3 Å². The molecule has 0 aromatic heterocycles. The van der Waals surface area contributed by atoms with Crippen LogP contribution in [0.4, 0.5) is 9.18 Å². The van der Waals surface area contributed by atoms with Gasteiger partial charge in [-0.05, 0) is 51.9 Å². The van der Waals surface area contributed by atoms with Crippen molar-refractivity contribution in [3.8, 4) is 0 Å². The van der Waals surface area contributed by atoms with Crippen LogP contribution in [0.3, 0.4) is 0 Å². The number of hydrogen-bond donors (Lipinski definition) is 1. The van der Waals surface area contributed by atoms with Crippen molar-refractivity contribution in [1.82, 2.24) is 15.1 Å². The molecule has 0 unspecified atom stereocenters. The lowest BCUT2D eigenvalue weighted by atomic mass is 10.1. The van der Waals surface area contributed by atoms with Crippen LogP contribution in [0.5, 0.6) is 0 Å². The van der Waals surface area contributed by atoms with Gasteiger partial charge >= 0.3 is 6.03 Å². The molecule has 1 aliphatic rings. The van der Waals surface area contributed by atoms with Crippen LogP contribution in [0.1, 0.15) is 38.8 Å². The van der Waals surface area contributed by atoms with E-state index < -0.39 is 5.54 Å². The second-order valence-electron chi connectivity index (χ2n) is 6.57. The largest absolute Gasteiger partial charge is 0.325 e. The van der Waals surface area contributed by atoms with E-state index in [4.69, 9.17) is 0 Å². The molecule has 23 heavy (non-hydrogen) atoms.